The van der Waals surface area contributed by atoms with E-state index in [0.29, 0.717) is 13.1 Å². The van der Waals surface area contributed by atoms with Gasteiger partial charge in [-0.1, -0.05) is 30.3 Å². The third kappa shape index (κ3) is 6.60. The Morgan fingerprint density at radius 1 is 0.926 bits per heavy atom. The molecule has 4 N–H and O–H groups in total. The Morgan fingerprint density at radius 2 is 1.48 bits per heavy atom. The summed E-state index contributed by atoms with van der Waals surface area (Å²) < 4.78 is 54.9. The van der Waals surface area contributed by atoms with Crippen molar-refractivity contribution in [3.8, 4) is 0 Å². The number of rotatable bonds is 5. The number of hydrazine groups is 1. The fraction of sp³-hybridized carbons (Fsp3) is 0.294. The van der Waals surface area contributed by atoms with E-state index < -0.39 is 20.1 Å². The molecule has 1 aliphatic rings. The lowest BCUT2D eigenvalue weighted by Crippen LogP contribution is -2.29. The average molecular weight is 414 g/mol. The molecule has 1 heterocycles. The molecular weight excluding hydrogens is 390 g/mol. The molecule has 2 aromatic rings. The average Bonchev–Trinajstić information content (AvgIpc) is 3.18. The van der Waals surface area contributed by atoms with Gasteiger partial charge in [0.1, 0.15) is 0 Å². The third-order valence-electron chi connectivity index (χ3n) is 3.97. The van der Waals surface area contributed by atoms with Crippen LogP contribution in [-0.2, 0) is 25.9 Å². The van der Waals surface area contributed by atoms with E-state index in [1.165, 1.54) is 12.1 Å². The lowest BCUT2D eigenvalue weighted by atomic mass is 10.2. The molecule has 1 fully saturated rings. The summed E-state index contributed by atoms with van der Waals surface area (Å²) in [5.74, 6) is 5.32. The summed E-state index contributed by atoms with van der Waals surface area (Å²) in [5.41, 5.74) is 4.07. The van der Waals surface area contributed by atoms with Gasteiger partial charge in [-0.25, -0.2) is 12.7 Å². The summed E-state index contributed by atoms with van der Waals surface area (Å²) in [7, 11) is -7.15. The van der Waals surface area contributed by atoms with E-state index in [9.17, 15) is 16.8 Å². The number of anilines is 1. The molecule has 0 bridgehead atoms. The molecule has 2 aromatic carbocycles. The summed E-state index contributed by atoms with van der Waals surface area (Å²) in [6, 6.07) is 14.5. The minimum atomic E-state index is -4.00. The van der Waals surface area contributed by atoms with E-state index in [-0.39, 0.29) is 10.6 Å². The molecule has 1 aliphatic heterocycles. The summed E-state index contributed by atoms with van der Waals surface area (Å²) in [4.78, 5) is -0.0741. The molecule has 0 saturated carbocycles. The Kier molecular flexibility index (Phi) is 7.33. The molecule has 27 heavy (non-hydrogen) atoms. The van der Waals surface area contributed by atoms with Crippen molar-refractivity contribution < 1.29 is 21.4 Å². The highest BCUT2D eigenvalue weighted by molar-refractivity contribution is 7.88. The summed E-state index contributed by atoms with van der Waals surface area (Å²) in [6.07, 6.45) is 1.94. The van der Waals surface area contributed by atoms with Gasteiger partial charge in [-0.15, -0.1) is 0 Å². The van der Waals surface area contributed by atoms with Crippen molar-refractivity contribution in [1.82, 2.24) is 4.31 Å². The number of hydrogen-bond acceptors (Lipinski definition) is 6. The largest absolute Gasteiger partial charge is 0.324 e. The fourth-order valence-corrected chi connectivity index (χ4v) is 4.67. The molecule has 8 nitrogen and oxygen atoms in total. The van der Waals surface area contributed by atoms with Crippen molar-refractivity contribution in [2.75, 3.05) is 18.5 Å². The molecule has 0 aromatic heterocycles. The Balaban J connectivity index is 0.000000223. The van der Waals surface area contributed by atoms with Crippen LogP contribution in [0.15, 0.2) is 59.5 Å². The first-order valence-corrected chi connectivity index (χ1v) is 11.3. The number of sulfonamides is 1. The lowest BCUT2D eigenvalue weighted by Gasteiger charge is -2.15. The Labute approximate surface area is 159 Å². The maximum absolute atomic E-state index is 12.0. The van der Waals surface area contributed by atoms with Crippen LogP contribution in [0, 0.1) is 0 Å². The van der Waals surface area contributed by atoms with Crippen molar-refractivity contribution in [3.63, 3.8) is 0 Å². The topological polar surface area (TPSA) is 130 Å². The maximum atomic E-state index is 12.0. The second-order valence-corrected chi connectivity index (χ2v) is 9.38. The van der Waals surface area contributed by atoms with Crippen LogP contribution >= 0.6 is 0 Å². The lowest BCUT2D eigenvalue weighted by molar-refractivity contribution is 0.476. The Morgan fingerprint density at radius 3 is 1.93 bits per heavy atom. The van der Waals surface area contributed by atoms with Gasteiger partial charge in [0.25, 0.3) is 10.1 Å². The molecule has 0 spiro atoms. The van der Waals surface area contributed by atoms with Crippen LogP contribution in [0.1, 0.15) is 18.4 Å². The standard InChI is InChI=1S/C11H17N3O2S.C6H6O3S/c12-13-11-5-3-10(4-6-11)9-17(15,16)14-7-1-2-8-14;7-10(8,9)6-4-2-1-3-5-6/h3-6,13H,1-2,7-9,12H2;1-5H,(H,7,8,9). The summed E-state index contributed by atoms with van der Waals surface area (Å²) >= 11 is 0. The van der Waals surface area contributed by atoms with E-state index in [0.717, 1.165) is 24.1 Å². The van der Waals surface area contributed by atoms with E-state index in [4.69, 9.17) is 10.4 Å². The minimum Gasteiger partial charge on any atom is -0.324 e. The zero-order valence-electron chi connectivity index (χ0n) is 14.7. The first-order valence-electron chi connectivity index (χ1n) is 8.28. The molecular formula is C17H23N3O5S2. The van der Waals surface area contributed by atoms with Crippen molar-refractivity contribution in [2.24, 2.45) is 5.84 Å². The van der Waals surface area contributed by atoms with Crippen LogP contribution < -0.4 is 11.3 Å². The number of benzene rings is 2. The minimum absolute atomic E-state index is 0.0673. The van der Waals surface area contributed by atoms with Gasteiger partial charge in [0.15, 0.2) is 0 Å². The fourth-order valence-electron chi connectivity index (χ4n) is 2.56. The van der Waals surface area contributed by atoms with E-state index >= 15 is 0 Å². The number of hydrogen-bond donors (Lipinski definition) is 3. The van der Waals surface area contributed by atoms with Crippen LogP contribution in [0.5, 0.6) is 0 Å². The number of nitrogens with two attached hydrogens (primary N) is 1. The predicted molar refractivity (Wildman–Crippen MR) is 104 cm³/mol. The van der Waals surface area contributed by atoms with Gasteiger partial charge in [-0.2, -0.15) is 8.42 Å². The van der Waals surface area contributed by atoms with Gasteiger partial charge >= 0.3 is 0 Å². The first-order chi connectivity index (χ1) is 12.7. The molecule has 0 radical (unpaired) electrons. The van der Waals surface area contributed by atoms with Gasteiger partial charge in [0.2, 0.25) is 10.0 Å². The van der Waals surface area contributed by atoms with Gasteiger partial charge in [-0.05, 0) is 42.7 Å². The molecule has 0 amide bonds. The highest BCUT2D eigenvalue weighted by Gasteiger charge is 2.25. The van der Waals surface area contributed by atoms with Crippen LogP contribution in [-0.4, -0.2) is 38.8 Å². The summed E-state index contributed by atoms with van der Waals surface area (Å²) in [6.45, 7) is 1.32. The van der Waals surface area contributed by atoms with E-state index in [1.807, 2.05) is 0 Å². The molecule has 1 saturated heterocycles. The van der Waals surface area contributed by atoms with Gasteiger partial charge in [-0.3, -0.25) is 10.4 Å². The van der Waals surface area contributed by atoms with Crippen molar-refractivity contribution >= 4 is 25.8 Å². The number of nitrogen functional groups attached to an aromatic ring is 1. The third-order valence-corrected chi connectivity index (χ3v) is 6.69. The van der Waals surface area contributed by atoms with Crippen molar-refractivity contribution in [3.05, 3.63) is 60.2 Å². The molecule has 3 rings (SSSR count). The van der Waals surface area contributed by atoms with Crippen LogP contribution in [0.3, 0.4) is 0 Å². The quantitative estimate of drug-likeness (QED) is 0.387. The molecule has 0 aliphatic carbocycles. The predicted octanol–water partition coefficient (Wildman–Crippen LogP) is 1.83. The Hall–Kier alpha value is -1.98. The highest BCUT2D eigenvalue weighted by Crippen LogP contribution is 2.18. The number of nitrogens with one attached hydrogen (secondary N) is 1. The molecule has 0 atom stereocenters. The van der Waals surface area contributed by atoms with Gasteiger partial charge in [0, 0.05) is 18.8 Å². The summed E-state index contributed by atoms with van der Waals surface area (Å²) in [5, 5.41) is 0. The van der Waals surface area contributed by atoms with Gasteiger partial charge in [0.05, 0.1) is 10.6 Å². The highest BCUT2D eigenvalue weighted by atomic mass is 32.2. The molecule has 148 valence electrons. The van der Waals surface area contributed by atoms with Gasteiger partial charge < -0.3 is 5.43 Å². The second-order valence-electron chi connectivity index (χ2n) is 5.99. The zero-order valence-corrected chi connectivity index (χ0v) is 16.3. The van der Waals surface area contributed by atoms with E-state index in [2.05, 4.69) is 5.43 Å². The first kappa shape index (κ1) is 21.3. The molecule has 10 heteroatoms. The SMILES string of the molecule is NNc1ccc(CS(=O)(=O)N2CCCC2)cc1.O=S(=O)(O)c1ccccc1. The monoisotopic (exact) mass is 413 g/mol. The van der Waals surface area contributed by atoms with Crippen LogP contribution in [0.4, 0.5) is 5.69 Å². The van der Waals surface area contributed by atoms with Crippen molar-refractivity contribution in [1.29, 1.82) is 0 Å². The zero-order chi connectivity index (χ0) is 19.9. The van der Waals surface area contributed by atoms with E-state index in [1.54, 1.807) is 46.8 Å². The van der Waals surface area contributed by atoms with Crippen LogP contribution in [0.25, 0.3) is 0 Å². The maximum Gasteiger partial charge on any atom is 0.294 e. The normalized spacial score (nSPS) is 15.0. The number of nitrogens with zero attached hydrogens (tertiary/aromatic N) is 1. The molecule has 0 unspecified atom stereocenters. The van der Waals surface area contributed by atoms with Crippen molar-refractivity contribution in [2.45, 2.75) is 23.5 Å². The smallest absolute Gasteiger partial charge is 0.294 e. The second kappa shape index (κ2) is 9.29. The van der Waals surface area contributed by atoms with Crippen LogP contribution in [0.2, 0.25) is 0 Å². The Bertz CT molecular complexity index is 924.